The van der Waals surface area contributed by atoms with Gasteiger partial charge in [0.15, 0.2) is 0 Å². The maximum Gasteiger partial charge on any atom is 0.0110 e. The van der Waals surface area contributed by atoms with Crippen LogP contribution in [0.2, 0.25) is 0 Å². The van der Waals surface area contributed by atoms with Gasteiger partial charge in [0, 0.05) is 18.6 Å². The predicted molar refractivity (Wildman–Crippen MR) is 81.3 cm³/mol. The summed E-state index contributed by atoms with van der Waals surface area (Å²) in [6.07, 6.45) is 14.4. The fourth-order valence-corrected chi connectivity index (χ4v) is 4.47. The highest BCUT2D eigenvalue weighted by Crippen LogP contribution is 2.40. The molecule has 3 atom stereocenters. The van der Waals surface area contributed by atoms with Crippen molar-refractivity contribution >= 4 is 0 Å². The topological polar surface area (TPSA) is 24.1 Å². The Morgan fingerprint density at radius 3 is 2.47 bits per heavy atom. The van der Waals surface area contributed by atoms with Crippen molar-refractivity contribution in [2.75, 3.05) is 13.1 Å². The molecule has 3 aliphatic rings. The van der Waals surface area contributed by atoms with E-state index in [0.29, 0.717) is 5.41 Å². The second kappa shape index (κ2) is 6.13. The highest BCUT2D eigenvalue weighted by molar-refractivity contribution is 4.93. The van der Waals surface area contributed by atoms with Crippen LogP contribution < -0.4 is 10.6 Å². The first-order valence-electron chi connectivity index (χ1n) is 8.74. The lowest BCUT2D eigenvalue weighted by Crippen LogP contribution is -2.52. The molecule has 0 amide bonds. The fourth-order valence-electron chi connectivity index (χ4n) is 4.47. The van der Waals surface area contributed by atoms with E-state index >= 15 is 0 Å². The van der Waals surface area contributed by atoms with Crippen LogP contribution in [0.5, 0.6) is 0 Å². The van der Waals surface area contributed by atoms with E-state index in [9.17, 15) is 0 Å². The summed E-state index contributed by atoms with van der Waals surface area (Å²) in [6.45, 7) is 4.99. The van der Waals surface area contributed by atoms with Gasteiger partial charge < -0.3 is 10.6 Å². The zero-order valence-corrected chi connectivity index (χ0v) is 12.7. The Kier molecular flexibility index (Phi) is 4.48. The van der Waals surface area contributed by atoms with Gasteiger partial charge in [0.25, 0.3) is 0 Å². The molecule has 3 unspecified atom stereocenters. The van der Waals surface area contributed by atoms with Gasteiger partial charge >= 0.3 is 0 Å². The maximum absolute atomic E-state index is 3.97. The lowest BCUT2D eigenvalue weighted by Gasteiger charge is -2.44. The van der Waals surface area contributed by atoms with Crippen molar-refractivity contribution in [3.05, 3.63) is 0 Å². The molecular weight excluding hydrogens is 232 g/mol. The Balaban J connectivity index is 1.53. The molecule has 0 spiro atoms. The summed E-state index contributed by atoms with van der Waals surface area (Å²) in [7, 11) is 0. The molecule has 2 nitrogen and oxygen atoms in total. The largest absolute Gasteiger partial charge is 0.314 e. The van der Waals surface area contributed by atoms with Gasteiger partial charge in [-0.2, -0.15) is 0 Å². The van der Waals surface area contributed by atoms with Gasteiger partial charge in [0.2, 0.25) is 0 Å². The molecule has 3 rings (SSSR count). The molecule has 1 aliphatic heterocycles. The number of rotatable bonds is 4. The summed E-state index contributed by atoms with van der Waals surface area (Å²) in [4.78, 5) is 0. The first-order chi connectivity index (χ1) is 9.27. The van der Waals surface area contributed by atoms with E-state index in [-0.39, 0.29) is 0 Å². The number of hydrogen-bond donors (Lipinski definition) is 2. The highest BCUT2D eigenvalue weighted by Gasteiger charge is 2.36. The molecule has 0 radical (unpaired) electrons. The molecule has 0 bridgehead atoms. The Morgan fingerprint density at radius 2 is 1.79 bits per heavy atom. The monoisotopic (exact) mass is 264 g/mol. The van der Waals surface area contributed by atoms with Crippen LogP contribution in [-0.2, 0) is 0 Å². The first-order valence-corrected chi connectivity index (χ1v) is 8.74. The molecule has 2 N–H and O–H groups in total. The molecule has 110 valence electrons. The standard InChI is InChI=1S/C17H32N2/c1-17(10-6-11-17)13-19-16-8-3-2-7-14(16)15-9-4-5-12-18-15/h14-16,18-19H,2-13H2,1H3. The molecule has 0 aromatic heterocycles. The molecule has 0 aromatic carbocycles. The Labute approximate surface area is 119 Å². The van der Waals surface area contributed by atoms with Crippen LogP contribution in [0.15, 0.2) is 0 Å². The molecule has 2 aliphatic carbocycles. The summed E-state index contributed by atoms with van der Waals surface area (Å²) in [5.74, 6) is 0.901. The zero-order chi connectivity index (χ0) is 13.1. The Hall–Kier alpha value is -0.0800. The van der Waals surface area contributed by atoms with Crippen molar-refractivity contribution in [3.8, 4) is 0 Å². The second-order valence-corrected chi connectivity index (χ2v) is 7.66. The molecular formula is C17H32N2. The predicted octanol–water partition coefficient (Wildman–Crippen LogP) is 3.47. The summed E-state index contributed by atoms with van der Waals surface area (Å²) in [6, 6.07) is 1.60. The van der Waals surface area contributed by atoms with Gasteiger partial charge in [-0.05, 0) is 56.4 Å². The van der Waals surface area contributed by atoms with Crippen LogP contribution in [0.25, 0.3) is 0 Å². The SMILES string of the molecule is CC1(CNC2CCCCC2C2CCCCN2)CCC1. The van der Waals surface area contributed by atoms with E-state index in [2.05, 4.69) is 17.6 Å². The fraction of sp³-hybridized carbons (Fsp3) is 1.00. The molecule has 1 saturated heterocycles. The Morgan fingerprint density at radius 1 is 1.00 bits per heavy atom. The van der Waals surface area contributed by atoms with Gasteiger partial charge in [-0.3, -0.25) is 0 Å². The summed E-state index contributed by atoms with van der Waals surface area (Å²) in [5.41, 5.74) is 0.627. The van der Waals surface area contributed by atoms with Crippen LogP contribution >= 0.6 is 0 Å². The quantitative estimate of drug-likeness (QED) is 0.812. The molecule has 2 saturated carbocycles. The van der Waals surface area contributed by atoms with Gasteiger partial charge in [-0.15, -0.1) is 0 Å². The number of nitrogens with one attached hydrogen (secondary N) is 2. The summed E-state index contributed by atoms with van der Waals surface area (Å²) >= 11 is 0. The summed E-state index contributed by atoms with van der Waals surface area (Å²) < 4.78 is 0. The minimum atomic E-state index is 0.627. The van der Waals surface area contributed by atoms with Gasteiger partial charge in [0.05, 0.1) is 0 Å². The molecule has 2 heteroatoms. The average molecular weight is 264 g/mol. The third kappa shape index (κ3) is 3.33. The van der Waals surface area contributed by atoms with E-state index in [0.717, 1.165) is 18.0 Å². The van der Waals surface area contributed by atoms with E-state index < -0.39 is 0 Å². The van der Waals surface area contributed by atoms with Gasteiger partial charge in [-0.1, -0.05) is 32.6 Å². The van der Waals surface area contributed by atoms with Crippen LogP contribution in [0.4, 0.5) is 0 Å². The lowest BCUT2D eigenvalue weighted by atomic mass is 9.70. The van der Waals surface area contributed by atoms with Crippen molar-refractivity contribution in [2.24, 2.45) is 11.3 Å². The smallest absolute Gasteiger partial charge is 0.0110 e. The van der Waals surface area contributed by atoms with Crippen molar-refractivity contribution < 1.29 is 0 Å². The molecule has 0 aromatic rings. The Bertz CT molecular complexity index is 279. The van der Waals surface area contributed by atoms with Crippen LogP contribution in [-0.4, -0.2) is 25.2 Å². The van der Waals surface area contributed by atoms with Crippen molar-refractivity contribution in [1.29, 1.82) is 0 Å². The highest BCUT2D eigenvalue weighted by atomic mass is 15.0. The zero-order valence-electron chi connectivity index (χ0n) is 12.7. The van der Waals surface area contributed by atoms with E-state index in [4.69, 9.17) is 0 Å². The van der Waals surface area contributed by atoms with Crippen LogP contribution in [0, 0.1) is 11.3 Å². The minimum absolute atomic E-state index is 0.627. The van der Waals surface area contributed by atoms with Gasteiger partial charge in [0.1, 0.15) is 0 Å². The third-order valence-electron chi connectivity index (χ3n) is 6.04. The van der Waals surface area contributed by atoms with E-state index in [1.54, 1.807) is 0 Å². The molecule has 19 heavy (non-hydrogen) atoms. The van der Waals surface area contributed by atoms with E-state index in [1.807, 2.05) is 0 Å². The van der Waals surface area contributed by atoms with Crippen LogP contribution in [0.1, 0.15) is 71.1 Å². The third-order valence-corrected chi connectivity index (χ3v) is 6.04. The minimum Gasteiger partial charge on any atom is -0.314 e. The number of piperidine rings is 1. The van der Waals surface area contributed by atoms with Crippen LogP contribution in [0.3, 0.4) is 0 Å². The van der Waals surface area contributed by atoms with Gasteiger partial charge in [-0.25, -0.2) is 0 Å². The lowest BCUT2D eigenvalue weighted by molar-refractivity contribution is 0.121. The number of hydrogen-bond acceptors (Lipinski definition) is 2. The average Bonchev–Trinajstić information content (AvgIpc) is 2.44. The van der Waals surface area contributed by atoms with Crippen molar-refractivity contribution in [1.82, 2.24) is 10.6 Å². The van der Waals surface area contributed by atoms with Crippen molar-refractivity contribution in [3.63, 3.8) is 0 Å². The van der Waals surface area contributed by atoms with E-state index in [1.165, 1.54) is 77.3 Å². The molecule has 3 fully saturated rings. The maximum atomic E-state index is 3.97. The van der Waals surface area contributed by atoms with Crippen molar-refractivity contribution in [2.45, 2.75) is 83.2 Å². The second-order valence-electron chi connectivity index (χ2n) is 7.66. The normalized spacial score (nSPS) is 38.7. The first kappa shape index (κ1) is 13.9. The molecule has 1 heterocycles. The summed E-state index contributed by atoms with van der Waals surface area (Å²) in [5, 5.41) is 7.78.